The molecule has 1 fully saturated rings. The maximum absolute atomic E-state index is 4.82. The van der Waals surface area contributed by atoms with Gasteiger partial charge in [-0.1, -0.05) is 23.8 Å². The van der Waals surface area contributed by atoms with Crippen molar-refractivity contribution in [1.82, 2.24) is 24.7 Å². The monoisotopic (exact) mass is 390 g/mol. The van der Waals surface area contributed by atoms with Crippen molar-refractivity contribution in [1.29, 1.82) is 0 Å². The Morgan fingerprint density at radius 2 is 2.11 bits per heavy atom. The number of benzene rings is 1. The van der Waals surface area contributed by atoms with Gasteiger partial charge in [0.2, 0.25) is 0 Å². The zero-order chi connectivity index (χ0) is 18.9. The van der Waals surface area contributed by atoms with E-state index < -0.39 is 0 Å². The van der Waals surface area contributed by atoms with Gasteiger partial charge < -0.3 is 10.6 Å². The van der Waals surface area contributed by atoms with Crippen LogP contribution >= 0.6 is 11.3 Å². The quantitative estimate of drug-likeness (QED) is 0.542. The first kappa shape index (κ1) is 17.3. The fourth-order valence-corrected chi connectivity index (χ4v) is 4.57. The van der Waals surface area contributed by atoms with Crippen molar-refractivity contribution in [3.63, 3.8) is 0 Å². The minimum absolute atomic E-state index is 0.552. The predicted molar refractivity (Wildman–Crippen MR) is 113 cm³/mol. The molecule has 28 heavy (non-hydrogen) atoms. The lowest BCUT2D eigenvalue weighted by molar-refractivity contribution is 0.455. The number of hydrogen-bond acceptors (Lipinski definition) is 6. The zero-order valence-corrected chi connectivity index (χ0v) is 16.5. The molecule has 0 radical (unpaired) electrons. The maximum Gasteiger partial charge on any atom is 0.188 e. The normalized spacial score (nSPS) is 15.2. The van der Waals surface area contributed by atoms with Crippen LogP contribution in [0.25, 0.3) is 16.9 Å². The summed E-state index contributed by atoms with van der Waals surface area (Å²) in [5, 5.41) is 9.83. The number of aryl methyl sites for hydroxylation is 1. The van der Waals surface area contributed by atoms with E-state index in [4.69, 9.17) is 4.98 Å². The molecule has 0 atom stereocenters. The average Bonchev–Trinajstić information content (AvgIpc) is 3.39. The van der Waals surface area contributed by atoms with Crippen LogP contribution in [0.5, 0.6) is 0 Å². The average molecular weight is 391 g/mol. The van der Waals surface area contributed by atoms with Gasteiger partial charge in [-0.2, -0.15) is 0 Å². The third-order valence-corrected chi connectivity index (χ3v) is 6.02. The molecule has 4 heterocycles. The van der Waals surface area contributed by atoms with Crippen LogP contribution in [0.1, 0.15) is 30.0 Å². The van der Waals surface area contributed by atoms with E-state index in [1.54, 1.807) is 11.3 Å². The zero-order valence-electron chi connectivity index (χ0n) is 15.7. The molecule has 1 aromatic carbocycles. The van der Waals surface area contributed by atoms with Crippen LogP contribution in [0.2, 0.25) is 0 Å². The standard InChI is InChI=1S/C21H22N6S/c1-14-3-2-4-16(11-14)18-12-24-19(20-23-9-10-27(18)20)26-21-25-17(13-28-21)15-5-7-22-8-6-15/h2-4,9-13,15,22H,5-8H2,1H3,(H,24,25,26). The van der Waals surface area contributed by atoms with Gasteiger partial charge in [-0.3, -0.25) is 4.40 Å². The van der Waals surface area contributed by atoms with Crippen molar-refractivity contribution in [2.45, 2.75) is 25.7 Å². The molecule has 4 aromatic rings. The Kier molecular flexibility index (Phi) is 4.54. The molecule has 0 aliphatic carbocycles. The van der Waals surface area contributed by atoms with Crippen LogP contribution < -0.4 is 10.6 Å². The van der Waals surface area contributed by atoms with Crippen molar-refractivity contribution >= 4 is 27.9 Å². The number of rotatable bonds is 4. The second-order valence-electron chi connectivity index (χ2n) is 7.21. The summed E-state index contributed by atoms with van der Waals surface area (Å²) in [4.78, 5) is 14.0. The first-order chi connectivity index (χ1) is 13.8. The van der Waals surface area contributed by atoms with Gasteiger partial charge in [-0.25, -0.2) is 15.0 Å². The molecular formula is C21H22N6S. The van der Waals surface area contributed by atoms with Crippen LogP contribution in [0.15, 0.2) is 48.2 Å². The summed E-state index contributed by atoms with van der Waals surface area (Å²) in [5.41, 5.74) is 5.37. The fraction of sp³-hybridized carbons (Fsp3) is 0.286. The Labute approximate surface area is 167 Å². The molecular weight excluding hydrogens is 368 g/mol. The highest BCUT2D eigenvalue weighted by atomic mass is 32.1. The fourth-order valence-electron chi connectivity index (χ4n) is 3.77. The van der Waals surface area contributed by atoms with E-state index in [0.717, 1.165) is 53.8 Å². The third-order valence-electron chi connectivity index (χ3n) is 5.25. The van der Waals surface area contributed by atoms with E-state index in [1.165, 1.54) is 11.3 Å². The Morgan fingerprint density at radius 3 is 2.96 bits per heavy atom. The molecule has 1 aliphatic heterocycles. The second-order valence-corrected chi connectivity index (χ2v) is 8.07. The summed E-state index contributed by atoms with van der Waals surface area (Å²) in [5.74, 6) is 1.28. The van der Waals surface area contributed by atoms with Crippen molar-refractivity contribution in [3.8, 4) is 11.3 Å². The molecule has 2 N–H and O–H groups in total. The van der Waals surface area contributed by atoms with E-state index >= 15 is 0 Å². The smallest absolute Gasteiger partial charge is 0.188 e. The van der Waals surface area contributed by atoms with E-state index in [1.807, 2.05) is 18.6 Å². The number of nitrogens with zero attached hydrogens (tertiary/aromatic N) is 4. The minimum atomic E-state index is 0.552. The molecule has 0 amide bonds. The summed E-state index contributed by atoms with van der Waals surface area (Å²) in [7, 11) is 0. The number of imidazole rings is 1. The molecule has 1 saturated heterocycles. The van der Waals surface area contributed by atoms with Crippen molar-refractivity contribution < 1.29 is 0 Å². The van der Waals surface area contributed by atoms with Crippen LogP contribution in [-0.2, 0) is 0 Å². The number of hydrogen-bond donors (Lipinski definition) is 2. The second kappa shape index (κ2) is 7.33. The molecule has 142 valence electrons. The number of anilines is 2. The lowest BCUT2D eigenvalue weighted by Crippen LogP contribution is -2.26. The van der Waals surface area contributed by atoms with Gasteiger partial charge >= 0.3 is 0 Å². The Bertz CT molecular complexity index is 1110. The van der Waals surface area contributed by atoms with E-state index in [0.29, 0.717) is 5.92 Å². The highest BCUT2D eigenvalue weighted by Gasteiger charge is 2.19. The molecule has 6 nitrogen and oxygen atoms in total. The first-order valence-corrected chi connectivity index (χ1v) is 10.5. The van der Waals surface area contributed by atoms with Crippen LogP contribution in [-0.4, -0.2) is 32.4 Å². The van der Waals surface area contributed by atoms with Gasteiger partial charge in [0, 0.05) is 29.3 Å². The topological polar surface area (TPSA) is 67.1 Å². The summed E-state index contributed by atoms with van der Waals surface area (Å²) < 4.78 is 2.07. The van der Waals surface area contributed by atoms with Crippen molar-refractivity contribution in [3.05, 3.63) is 59.5 Å². The Hall–Kier alpha value is -2.77. The van der Waals surface area contributed by atoms with Gasteiger partial charge in [0.05, 0.1) is 17.6 Å². The van der Waals surface area contributed by atoms with Gasteiger partial charge in [-0.15, -0.1) is 11.3 Å². The minimum Gasteiger partial charge on any atom is -0.317 e. The molecule has 0 bridgehead atoms. The number of thiazole rings is 1. The van der Waals surface area contributed by atoms with Gasteiger partial charge in [0.1, 0.15) is 0 Å². The molecule has 3 aromatic heterocycles. The largest absolute Gasteiger partial charge is 0.317 e. The first-order valence-electron chi connectivity index (χ1n) is 9.60. The van der Waals surface area contributed by atoms with Crippen LogP contribution in [0, 0.1) is 6.92 Å². The number of fused-ring (bicyclic) bond motifs is 1. The Morgan fingerprint density at radius 1 is 1.21 bits per heavy atom. The van der Waals surface area contributed by atoms with E-state index in [9.17, 15) is 0 Å². The molecule has 1 aliphatic rings. The van der Waals surface area contributed by atoms with Gasteiger partial charge in [0.15, 0.2) is 16.6 Å². The summed E-state index contributed by atoms with van der Waals surface area (Å²) >= 11 is 1.63. The van der Waals surface area contributed by atoms with Crippen LogP contribution in [0.3, 0.4) is 0 Å². The third kappa shape index (κ3) is 3.27. The van der Waals surface area contributed by atoms with E-state index in [-0.39, 0.29) is 0 Å². The maximum atomic E-state index is 4.82. The predicted octanol–water partition coefficient (Wildman–Crippen LogP) is 4.37. The number of piperidine rings is 1. The summed E-state index contributed by atoms with van der Waals surface area (Å²) in [6, 6.07) is 8.43. The van der Waals surface area contributed by atoms with E-state index in [2.05, 4.69) is 61.6 Å². The van der Waals surface area contributed by atoms with Gasteiger partial charge in [-0.05, 0) is 38.9 Å². The highest BCUT2D eigenvalue weighted by molar-refractivity contribution is 7.13. The molecule has 5 rings (SSSR count). The molecule has 0 saturated carbocycles. The molecule has 7 heteroatoms. The molecule has 0 unspecified atom stereocenters. The lowest BCUT2D eigenvalue weighted by atomic mass is 9.96. The molecule has 0 spiro atoms. The SMILES string of the molecule is Cc1cccc(-c2cnc(Nc3nc(C4CCNCC4)cs3)c3nccn23)c1. The van der Waals surface area contributed by atoms with Crippen molar-refractivity contribution in [2.75, 3.05) is 18.4 Å². The lowest BCUT2D eigenvalue weighted by Gasteiger charge is -2.20. The summed E-state index contributed by atoms with van der Waals surface area (Å²) in [6.45, 7) is 4.24. The summed E-state index contributed by atoms with van der Waals surface area (Å²) in [6.07, 6.45) is 7.98. The highest BCUT2D eigenvalue weighted by Crippen LogP contribution is 2.31. The van der Waals surface area contributed by atoms with Crippen LogP contribution in [0.4, 0.5) is 10.9 Å². The number of nitrogens with one attached hydrogen (secondary N) is 2. The Balaban J connectivity index is 1.45. The number of aromatic nitrogens is 4. The van der Waals surface area contributed by atoms with Gasteiger partial charge in [0.25, 0.3) is 0 Å². The van der Waals surface area contributed by atoms with Crippen molar-refractivity contribution in [2.24, 2.45) is 0 Å².